The summed E-state index contributed by atoms with van der Waals surface area (Å²) in [4.78, 5) is 25.3. The highest BCUT2D eigenvalue weighted by atomic mass is 16.7. The third kappa shape index (κ3) is 2.24. The first-order valence-corrected chi connectivity index (χ1v) is 14.3. The van der Waals surface area contributed by atoms with E-state index in [2.05, 4.69) is 34.6 Å². The summed E-state index contributed by atoms with van der Waals surface area (Å²) in [5, 5.41) is 0. The molecule has 0 amide bonds. The Morgan fingerprint density at radius 2 is 1.53 bits per heavy atom. The van der Waals surface area contributed by atoms with E-state index in [0.29, 0.717) is 40.8 Å². The molecule has 0 aromatic rings. The van der Waals surface area contributed by atoms with Gasteiger partial charge < -0.3 is 9.47 Å². The molecule has 0 radical (unpaired) electrons. The van der Waals surface area contributed by atoms with Crippen molar-refractivity contribution in [3.8, 4) is 0 Å². The van der Waals surface area contributed by atoms with Crippen LogP contribution in [0.4, 0.5) is 0 Å². The SMILES string of the molecule is C[C@@H]1C[C@]2(C[C@@H](C)[C@H]3[C@@H](C[C@@]4(C)[C@@H]5CC[C@H]6C(C)(C)C(=O)CC[C@@]67C[C@@]57CC[C@]34C)O2)OC1=O. The largest absolute Gasteiger partial charge is 0.433 e. The van der Waals surface area contributed by atoms with Crippen molar-refractivity contribution in [2.75, 3.05) is 0 Å². The van der Waals surface area contributed by atoms with E-state index in [1.54, 1.807) is 0 Å². The molecular formula is C30H44O4. The molecule has 2 heterocycles. The Morgan fingerprint density at radius 1 is 0.824 bits per heavy atom. The van der Waals surface area contributed by atoms with Crippen molar-refractivity contribution in [3.05, 3.63) is 0 Å². The maximum Gasteiger partial charge on any atom is 0.311 e. The highest BCUT2D eigenvalue weighted by Gasteiger charge is 2.83. The van der Waals surface area contributed by atoms with E-state index in [4.69, 9.17) is 9.47 Å². The molecule has 5 aliphatic carbocycles. The quantitative estimate of drug-likeness (QED) is 0.391. The van der Waals surface area contributed by atoms with Gasteiger partial charge in [-0.05, 0) is 90.3 Å². The lowest BCUT2D eigenvalue weighted by atomic mass is 9.42. The molecule has 34 heavy (non-hydrogen) atoms. The van der Waals surface area contributed by atoms with Gasteiger partial charge in [0.1, 0.15) is 5.78 Å². The second kappa shape index (κ2) is 6.14. The minimum Gasteiger partial charge on any atom is -0.433 e. The van der Waals surface area contributed by atoms with Gasteiger partial charge in [-0.3, -0.25) is 9.59 Å². The monoisotopic (exact) mass is 468 g/mol. The maximum absolute atomic E-state index is 12.9. The second-order valence-electron chi connectivity index (χ2n) is 15.2. The molecule has 0 aromatic carbocycles. The van der Waals surface area contributed by atoms with Crippen molar-refractivity contribution in [1.82, 2.24) is 0 Å². The Labute approximate surface area is 205 Å². The fraction of sp³-hybridized carbons (Fsp3) is 0.933. The molecule has 11 atom stereocenters. The summed E-state index contributed by atoms with van der Waals surface area (Å²) in [6.07, 6.45) is 11.3. The van der Waals surface area contributed by atoms with Crippen molar-refractivity contribution < 1.29 is 19.1 Å². The number of ketones is 1. The van der Waals surface area contributed by atoms with Gasteiger partial charge in [0.05, 0.1) is 12.0 Å². The zero-order valence-corrected chi connectivity index (χ0v) is 22.2. The summed E-state index contributed by atoms with van der Waals surface area (Å²) in [5.41, 5.74) is 1.25. The smallest absolute Gasteiger partial charge is 0.311 e. The number of hydrogen-bond donors (Lipinski definition) is 0. The molecule has 0 aromatic heterocycles. The highest BCUT2D eigenvalue weighted by molar-refractivity contribution is 5.86. The van der Waals surface area contributed by atoms with Crippen LogP contribution < -0.4 is 0 Å². The molecule has 188 valence electrons. The first-order valence-electron chi connectivity index (χ1n) is 14.3. The van der Waals surface area contributed by atoms with Gasteiger partial charge in [-0.25, -0.2) is 0 Å². The summed E-state index contributed by atoms with van der Waals surface area (Å²) in [5.74, 6) is 2.07. The first-order chi connectivity index (χ1) is 15.8. The van der Waals surface area contributed by atoms with E-state index in [1.165, 1.54) is 32.1 Å². The van der Waals surface area contributed by atoms with Gasteiger partial charge in [0.15, 0.2) is 0 Å². The van der Waals surface area contributed by atoms with E-state index < -0.39 is 5.79 Å². The maximum atomic E-state index is 12.9. The Bertz CT molecular complexity index is 986. The van der Waals surface area contributed by atoms with E-state index >= 15 is 0 Å². The fourth-order valence-electron chi connectivity index (χ4n) is 12.4. The summed E-state index contributed by atoms with van der Waals surface area (Å²) < 4.78 is 12.8. The van der Waals surface area contributed by atoms with Crippen LogP contribution >= 0.6 is 0 Å². The first kappa shape index (κ1) is 22.3. The molecule has 4 nitrogen and oxygen atoms in total. The summed E-state index contributed by atoms with van der Waals surface area (Å²) >= 11 is 0. The predicted octanol–water partition coefficient (Wildman–Crippen LogP) is 6.31. The number of carbonyl (C=O) groups excluding carboxylic acids is 2. The lowest BCUT2D eigenvalue weighted by molar-refractivity contribution is -0.276. The van der Waals surface area contributed by atoms with Crippen LogP contribution in [0.25, 0.3) is 0 Å². The van der Waals surface area contributed by atoms with Gasteiger partial charge in [0.2, 0.25) is 5.79 Å². The number of Topliss-reactive ketones (excluding diaryl/α,β-unsaturated/α-hetero) is 1. The number of carbonyl (C=O) groups is 2. The molecule has 3 spiro atoms. The molecule has 4 heteroatoms. The number of hydrogen-bond acceptors (Lipinski definition) is 4. The number of esters is 1. The standard InChI is InChI=1S/C30H44O4/c1-17-13-30(14-18(2)24(32)34-30)33-19-15-27(6)21-8-7-20-25(3,4)22(31)9-10-28(20)16-29(21,28)12-11-26(27,5)23(17)19/h17-21,23H,7-16H2,1-6H3/t17-,18-,19-,20+,21+,23+,26-,27+,28-,29+,30+/m1/s1. The molecule has 0 unspecified atom stereocenters. The van der Waals surface area contributed by atoms with Gasteiger partial charge in [0.25, 0.3) is 0 Å². The lowest BCUT2D eigenvalue weighted by Gasteiger charge is -2.62. The average Bonchev–Trinajstić information content (AvgIpc) is 3.24. The lowest BCUT2D eigenvalue weighted by Crippen LogP contribution is -2.57. The predicted molar refractivity (Wildman–Crippen MR) is 129 cm³/mol. The Balaban J connectivity index is 1.24. The van der Waals surface area contributed by atoms with E-state index in [-0.39, 0.29) is 34.2 Å². The Hall–Kier alpha value is -0.900. The van der Waals surface area contributed by atoms with Crippen LogP contribution in [-0.2, 0) is 19.1 Å². The number of ether oxygens (including phenoxy) is 2. The normalized spacial score (nSPS) is 61.1. The topological polar surface area (TPSA) is 52.6 Å². The van der Waals surface area contributed by atoms with Crippen LogP contribution in [0.15, 0.2) is 0 Å². The van der Waals surface area contributed by atoms with Crippen LogP contribution in [0.2, 0.25) is 0 Å². The van der Waals surface area contributed by atoms with Gasteiger partial charge in [-0.2, -0.15) is 0 Å². The highest BCUT2D eigenvalue weighted by Crippen LogP contribution is 2.89. The van der Waals surface area contributed by atoms with Crippen molar-refractivity contribution in [1.29, 1.82) is 0 Å². The second-order valence-corrected chi connectivity index (χ2v) is 15.2. The average molecular weight is 469 g/mol. The van der Waals surface area contributed by atoms with Gasteiger partial charge >= 0.3 is 5.97 Å². The summed E-state index contributed by atoms with van der Waals surface area (Å²) in [6.45, 7) is 14.1. The van der Waals surface area contributed by atoms with Crippen LogP contribution in [0.5, 0.6) is 0 Å². The zero-order valence-electron chi connectivity index (χ0n) is 22.2. The van der Waals surface area contributed by atoms with E-state index in [9.17, 15) is 9.59 Å². The molecule has 7 fully saturated rings. The fourth-order valence-corrected chi connectivity index (χ4v) is 12.4. The molecule has 0 N–H and O–H groups in total. The van der Waals surface area contributed by atoms with Crippen LogP contribution in [0.3, 0.4) is 0 Å². The zero-order chi connectivity index (χ0) is 24.1. The summed E-state index contributed by atoms with van der Waals surface area (Å²) in [6, 6.07) is 0. The third-order valence-corrected chi connectivity index (χ3v) is 13.8. The molecule has 2 saturated heterocycles. The van der Waals surface area contributed by atoms with Gasteiger partial charge in [-0.1, -0.05) is 41.5 Å². The van der Waals surface area contributed by atoms with Crippen LogP contribution in [0, 0.1) is 56.7 Å². The van der Waals surface area contributed by atoms with Crippen molar-refractivity contribution in [2.45, 2.75) is 118 Å². The molecule has 5 saturated carbocycles. The summed E-state index contributed by atoms with van der Waals surface area (Å²) in [7, 11) is 0. The van der Waals surface area contributed by atoms with Gasteiger partial charge in [-0.15, -0.1) is 0 Å². The minimum atomic E-state index is -0.679. The Kier molecular flexibility index (Phi) is 4.03. The Morgan fingerprint density at radius 3 is 2.24 bits per heavy atom. The number of fused-ring (bicyclic) bond motifs is 4. The molecule has 2 aliphatic heterocycles. The van der Waals surface area contributed by atoms with Crippen molar-refractivity contribution in [2.24, 2.45) is 56.7 Å². The van der Waals surface area contributed by atoms with E-state index in [1.807, 2.05) is 6.92 Å². The number of rotatable bonds is 0. The van der Waals surface area contributed by atoms with Gasteiger partial charge in [0, 0.05) is 24.7 Å². The van der Waals surface area contributed by atoms with E-state index in [0.717, 1.165) is 31.6 Å². The third-order valence-electron chi connectivity index (χ3n) is 13.8. The molecular weight excluding hydrogens is 424 g/mol. The molecule has 7 rings (SSSR count). The minimum absolute atomic E-state index is 0.0548. The van der Waals surface area contributed by atoms with Crippen LogP contribution in [0.1, 0.15) is 106 Å². The van der Waals surface area contributed by atoms with Crippen LogP contribution in [-0.4, -0.2) is 23.6 Å². The van der Waals surface area contributed by atoms with Crippen molar-refractivity contribution in [3.63, 3.8) is 0 Å². The van der Waals surface area contributed by atoms with Crippen molar-refractivity contribution >= 4 is 11.8 Å². The molecule has 0 bridgehead atoms. The molecule has 7 aliphatic rings.